The first-order valence-electron chi connectivity index (χ1n) is 7.75. The van der Waals surface area contributed by atoms with E-state index in [1.807, 2.05) is 37.3 Å². The largest absolute Gasteiger partial charge is 0.371 e. The SMILES string of the molecule is CCc1nn(C)c(NC2CCOC2c2ccccc2)c1[N+](=O)[O-]. The van der Waals surface area contributed by atoms with Crippen molar-refractivity contribution in [1.29, 1.82) is 0 Å². The van der Waals surface area contributed by atoms with Crippen LogP contribution in [0.15, 0.2) is 30.3 Å². The molecule has 122 valence electrons. The van der Waals surface area contributed by atoms with Gasteiger partial charge in [0.2, 0.25) is 5.82 Å². The predicted molar refractivity (Wildman–Crippen MR) is 86.4 cm³/mol. The van der Waals surface area contributed by atoms with Crippen LogP contribution in [0.2, 0.25) is 0 Å². The zero-order valence-corrected chi connectivity index (χ0v) is 13.2. The lowest BCUT2D eigenvalue weighted by molar-refractivity contribution is -0.384. The molecule has 1 aromatic carbocycles. The molecule has 7 nitrogen and oxygen atoms in total. The number of ether oxygens (including phenoxy) is 1. The van der Waals surface area contributed by atoms with Gasteiger partial charge in [-0.3, -0.25) is 10.1 Å². The summed E-state index contributed by atoms with van der Waals surface area (Å²) in [6, 6.07) is 9.90. The minimum Gasteiger partial charge on any atom is -0.371 e. The highest BCUT2D eigenvalue weighted by molar-refractivity contribution is 5.60. The lowest BCUT2D eigenvalue weighted by atomic mass is 10.0. The summed E-state index contributed by atoms with van der Waals surface area (Å²) in [4.78, 5) is 11.1. The molecule has 1 aliphatic heterocycles. The van der Waals surface area contributed by atoms with Crippen LogP contribution in [0.25, 0.3) is 0 Å². The van der Waals surface area contributed by atoms with Gasteiger partial charge in [-0.1, -0.05) is 37.3 Å². The van der Waals surface area contributed by atoms with Gasteiger partial charge in [0.25, 0.3) is 0 Å². The van der Waals surface area contributed by atoms with Crippen LogP contribution in [0.4, 0.5) is 11.5 Å². The summed E-state index contributed by atoms with van der Waals surface area (Å²) in [5.74, 6) is 0.447. The predicted octanol–water partition coefficient (Wildman–Crippen LogP) is 2.83. The van der Waals surface area contributed by atoms with Gasteiger partial charge in [-0.25, -0.2) is 4.68 Å². The number of benzene rings is 1. The van der Waals surface area contributed by atoms with Gasteiger partial charge in [0, 0.05) is 13.7 Å². The average Bonchev–Trinajstić information content (AvgIpc) is 3.13. The van der Waals surface area contributed by atoms with Crippen molar-refractivity contribution in [1.82, 2.24) is 9.78 Å². The maximum Gasteiger partial charge on any atom is 0.333 e. The van der Waals surface area contributed by atoms with Crippen LogP contribution in [-0.2, 0) is 18.2 Å². The van der Waals surface area contributed by atoms with Crippen LogP contribution in [0.1, 0.15) is 30.7 Å². The highest BCUT2D eigenvalue weighted by Crippen LogP contribution is 2.35. The zero-order valence-electron chi connectivity index (χ0n) is 13.2. The molecule has 1 saturated heterocycles. The topological polar surface area (TPSA) is 82.2 Å². The third-order valence-electron chi connectivity index (χ3n) is 4.15. The first kappa shape index (κ1) is 15.5. The number of nitro groups is 1. The Morgan fingerprint density at radius 3 is 2.83 bits per heavy atom. The minimum atomic E-state index is -0.360. The highest BCUT2D eigenvalue weighted by Gasteiger charge is 2.34. The summed E-state index contributed by atoms with van der Waals surface area (Å²) < 4.78 is 7.39. The molecular formula is C16H20N4O3. The Kier molecular flexibility index (Phi) is 4.29. The van der Waals surface area contributed by atoms with Crippen LogP contribution in [0, 0.1) is 10.1 Å². The zero-order chi connectivity index (χ0) is 16.4. The fourth-order valence-corrected chi connectivity index (χ4v) is 3.04. The van der Waals surface area contributed by atoms with Crippen LogP contribution in [0.5, 0.6) is 0 Å². The molecule has 0 spiro atoms. The second kappa shape index (κ2) is 6.37. The summed E-state index contributed by atoms with van der Waals surface area (Å²) in [5.41, 5.74) is 1.63. The van der Waals surface area contributed by atoms with E-state index in [9.17, 15) is 10.1 Å². The molecule has 1 aromatic heterocycles. The maximum absolute atomic E-state index is 11.4. The molecule has 23 heavy (non-hydrogen) atoms. The standard InChI is InChI=1S/C16H20N4O3/c1-3-12-14(20(21)22)16(19(2)18-12)17-13-9-10-23-15(13)11-7-5-4-6-8-11/h4-8,13,15,17H,3,9-10H2,1-2H3. The Hall–Kier alpha value is -2.41. The summed E-state index contributed by atoms with van der Waals surface area (Å²) in [6.45, 7) is 2.49. The number of hydrogen-bond donors (Lipinski definition) is 1. The lowest BCUT2D eigenvalue weighted by Gasteiger charge is -2.20. The number of hydrogen-bond acceptors (Lipinski definition) is 5. The van der Waals surface area contributed by atoms with E-state index in [-0.39, 0.29) is 22.8 Å². The quantitative estimate of drug-likeness (QED) is 0.677. The van der Waals surface area contributed by atoms with Gasteiger partial charge in [0.05, 0.1) is 11.0 Å². The summed E-state index contributed by atoms with van der Waals surface area (Å²) >= 11 is 0. The molecule has 0 amide bonds. The number of rotatable bonds is 5. The molecule has 1 fully saturated rings. The van der Waals surface area contributed by atoms with Gasteiger partial charge in [-0.05, 0) is 18.4 Å². The van der Waals surface area contributed by atoms with E-state index >= 15 is 0 Å². The summed E-state index contributed by atoms with van der Waals surface area (Å²) in [6.07, 6.45) is 1.20. The summed E-state index contributed by atoms with van der Waals surface area (Å²) in [7, 11) is 1.72. The molecule has 1 N–H and O–H groups in total. The fraction of sp³-hybridized carbons (Fsp3) is 0.438. The van der Waals surface area contributed by atoms with Crippen molar-refractivity contribution >= 4 is 11.5 Å². The van der Waals surface area contributed by atoms with Crippen LogP contribution >= 0.6 is 0 Å². The van der Waals surface area contributed by atoms with Crippen molar-refractivity contribution in [2.75, 3.05) is 11.9 Å². The van der Waals surface area contributed by atoms with Crippen molar-refractivity contribution in [3.05, 3.63) is 51.7 Å². The van der Waals surface area contributed by atoms with Crippen molar-refractivity contribution in [2.45, 2.75) is 31.9 Å². The van der Waals surface area contributed by atoms with E-state index in [4.69, 9.17) is 4.74 Å². The van der Waals surface area contributed by atoms with Crippen LogP contribution in [-0.4, -0.2) is 27.4 Å². The van der Waals surface area contributed by atoms with Crippen LogP contribution < -0.4 is 5.32 Å². The number of nitrogens with zero attached hydrogens (tertiary/aromatic N) is 3. The van der Waals surface area contributed by atoms with E-state index < -0.39 is 0 Å². The van der Waals surface area contributed by atoms with Crippen molar-refractivity contribution < 1.29 is 9.66 Å². The van der Waals surface area contributed by atoms with E-state index in [0.29, 0.717) is 24.5 Å². The fourth-order valence-electron chi connectivity index (χ4n) is 3.04. The third-order valence-corrected chi connectivity index (χ3v) is 4.15. The smallest absolute Gasteiger partial charge is 0.333 e. The van der Waals surface area contributed by atoms with Gasteiger partial charge in [0.1, 0.15) is 11.8 Å². The molecule has 2 atom stereocenters. The normalized spacial score (nSPS) is 20.6. The average molecular weight is 316 g/mol. The molecule has 0 aliphatic carbocycles. The second-order valence-electron chi connectivity index (χ2n) is 5.62. The van der Waals surface area contributed by atoms with Gasteiger partial charge in [-0.15, -0.1) is 0 Å². The third kappa shape index (κ3) is 2.92. The Bertz CT molecular complexity index is 699. The van der Waals surface area contributed by atoms with Gasteiger partial charge < -0.3 is 10.1 Å². The Morgan fingerprint density at radius 1 is 1.43 bits per heavy atom. The molecular weight excluding hydrogens is 296 g/mol. The Morgan fingerprint density at radius 2 is 2.17 bits per heavy atom. The first-order valence-corrected chi connectivity index (χ1v) is 7.75. The van der Waals surface area contributed by atoms with Crippen molar-refractivity contribution in [3.63, 3.8) is 0 Å². The van der Waals surface area contributed by atoms with E-state index in [1.165, 1.54) is 0 Å². The summed E-state index contributed by atoms with van der Waals surface area (Å²) in [5, 5.41) is 19.0. The number of nitrogens with one attached hydrogen (secondary N) is 1. The highest BCUT2D eigenvalue weighted by atomic mass is 16.6. The number of aryl methyl sites for hydroxylation is 2. The van der Waals surface area contributed by atoms with Crippen molar-refractivity contribution in [2.24, 2.45) is 7.05 Å². The Labute approximate surface area is 134 Å². The van der Waals surface area contributed by atoms with Gasteiger partial charge in [0.15, 0.2) is 0 Å². The molecule has 2 aromatic rings. The van der Waals surface area contributed by atoms with Crippen molar-refractivity contribution in [3.8, 4) is 0 Å². The second-order valence-corrected chi connectivity index (χ2v) is 5.62. The first-order chi connectivity index (χ1) is 11.1. The molecule has 7 heteroatoms. The molecule has 0 bridgehead atoms. The minimum absolute atomic E-state index is 0.0174. The molecule has 2 unspecified atom stereocenters. The van der Waals surface area contributed by atoms with Crippen LogP contribution in [0.3, 0.4) is 0 Å². The maximum atomic E-state index is 11.4. The molecule has 3 rings (SSSR count). The van der Waals surface area contributed by atoms with Gasteiger partial charge in [-0.2, -0.15) is 5.10 Å². The molecule has 1 aliphatic rings. The number of aromatic nitrogens is 2. The molecule has 0 radical (unpaired) electrons. The molecule has 2 heterocycles. The van der Waals surface area contributed by atoms with E-state index in [0.717, 1.165) is 12.0 Å². The Balaban J connectivity index is 1.90. The van der Waals surface area contributed by atoms with E-state index in [1.54, 1.807) is 11.7 Å². The lowest BCUT2D eigenvalue weighted by Crippen LogP contribution is -2.25. The molecule has 0 saturated carbocycles. The van der Waals surface area contributed by atoms with Gasteiger partial charge >= 0.3 is 5.69 Å². The van der Waals surface area contributed by atoms with E-state index in [2.05, 4.69) is 10.4 Å². The monoisotopic (exact) mass is 316 g/mol. The number of anilines is 1.